The van der Waals surface area contributed by atoms with E-state index < -0.39 is 0 Å². The van der Waals surface area contributed by atoms with E-state index >= 15 is 0 Å². The van der Waals surface area contributed by atoms with Crippen LogP contribution in [0.25, 0.3) is 5.65 Å². The van der Waals surface area contributed by atoms with Crippen molar-refractivity contribution in [2.45, 2.75) is 36.6 Å². The van der Waals surface area contributed by atoms with Gasteiger partial charge in [0.15, 0.2) is 5.65 Å². The predicted molar refractivity (Wildman–Crippen MR) is 90.4 cm³/mol. The van der Waals surface area contributed by atoms with E-state index in [0.717, 1.165) is 12.2 Å². The van der Waals surface area contributed by atoms with Crippen molar-refractivity contribution in [2.24, 2.45) is 0 Å². The Hall–Kier alpha value is -2.01. The zero-order valence-electron chi connectivity index (χ0n) is 12.7. The van der Waals surface area contributed by atoms with Crippen LogP contribution in [0.1, 0.15) is 19.4 Å². The number of nitrogens with zero attached hydrogens (tertiary/aromatic N) is 4. The fourth-order valence-corrected chi connectivity index (χ4v) is 4.15. The highest BCUT2D eigenvalue weighted by atomic mass is 32.2. The lowest BCUT2D eigenvalue weighted by Gasteiger charge is -2.40. The molecule has 0 bridgehead atoms. The zero-order valence-corrected chi connectivity index (χ0v) is 13.5. The van der Waals surface area contributed by atoms with Crippen LogP contribution in [0.15, 0.2) is 53.8 Å². The minimum Gasteiger partial charge on any atom is -0.362 e. The molecule has 2 unspecified atom stereocenters. The second kappa shape index (κ2) is 5.32. The van der Waals surface area contributed by atoms with Crippen molar-refractivity contribution in [3.63, 3.8) is 0 Å². The number of hydrogen-bond donors (Lipinski definition) is 0. The van der Waals surface area contributed by atoms with Gasteiger partial charge in [0.1, 0.15) is 6.33 Å². The molecule has 22 heavy (non-hydrogen) atoms. The minimum atomic E-state index is 0.494. The van der Waals surface area contributed by atoms with Gasteiger partial charge in [0.2, 0.25) is 0 Å². The number of fused-ring (bicyclic) bond motifs is 2. The van der Waals surface area contributed by atoms with Crippen molar-refractivity contribution >= 4 is 23.1 Å². The Labute approximate surface area is 134 Å². The van der Waals surface area contributed by atoms with Crippen LogP contribution < -0.4 is 4.90 Å². The molecule has 5 heteroatoms. The minimum absolute atomic E-state index is 0.494. The van der Waals surface area contributed by atoms with Gasteiger partial charge in [-0.1, -0.05) is 19.1 Å². The van der Waals surface area contributed by atoms with Gasteiger partial charge in [0.25, 0.3) is 0 Å². The Balaban J connectivity index is 1.71. The molecule has 1 aromatic carbocycles. The molecule has 0 fully saturated rings. The van der Waals surface area contributed by atoms with Crippen molar-refractivity contribution in [1.82, 2.24) is 14.6 Å². The number of anilines is 1. The standard InChI is InChI=1S/C17H18N4S/c1-12-13(2)22-16-6-4-3-5-15(16)20(12)10-14-7-8-21-17(9-14)18-11-19-21/h3-9,11-13H,10H2,1-2H3. The van der Waals surface area contributed by atoms with Crippen LogP contribution in [0.4, 0.5) is 5.69 Å². The summed E-state index contributed by atoms with van der Waals surface area (Å²) in [6, 6.07) is 13.4. The molecule has 3 heterocycles. The van der Waals surface area contributed by atoms with E-state index in [2.05, 4.69) is 65.2 Å². The van der Waals surface area contributed by atoms with Crippen LogP contribution in [0.5, 0.6) is 0 Å². The van der Waals surface area contributed by atoms with Gasteiger partial charge in [-0.2, -0.15) is 5.10 Å². The molecule has 4 rings (SSSR count). The maximum Gasteiger partial charge on any atom is 0.155 e. The fraction of sp³-hybridized carbons (Fsp3) is 0.294. The molecule has 0 N–H and O–H groups in total. The lowest BCUT2D eigenvalue weighted by Crippen LogP contribution is -2.41. The first kappa shape index (κ1) is 13.6. The highest BCUT2D eigenvalue weighted by Crippen LogP contribution is 2.41. The Morgan fingerprint density at radius 1 is 1.18 bits per heavy atom. The van der Waals surface area contributed by atoms with Crippen LogP contribution in [-0.4, -0.2) is 25.9 Å². The second-order valence-corrected chi connectivity index (χ2v) is 7.18. The molecular weight excluding hydrogens is 292 g/mol. The van der Waals surface area contributed by atoms with E-state index in [1.165, 1.54) is 16.1 Å². The Morgan fingerprint density at radius 3 is 2.95 bits per heavy atom. The first-order valence-corrected chi connectivity index (χ1v) is 8.41. The van der Waals surface area contributed by atoms with Crippen molar-refractivity contribution < 1.29 is 0 Å². The average molecular weight is 310 g/mol. The molecular formula is C17H18N4S. The van der Waals surface area contributed by atoms with Crippen LogP contribution >= 0.6 is 11.8 Å². The average Bonchev–Trinajstić information content (AvgIpc) is 2.99. The van der Waals surface area contributed by atoms with E-state index in [0.29, 0.717) is 11.3 Å². The third kappa shape index (κ3) is 2.25. The predicted octanol–water partition coefficient (Wildman–Crippen LogP) is 3.62. The number of thioether (sulfide) groups is 1. The third-order valence-corrected chi connectivity index (χ3v) is 5.72. The summed E-state index contributed by atoms with van der Waals surface area (Å²) in [5.41, 5.74) is 3.50. The Bertz CT molecular complexity index is 813. The van der Waals surface area contributed by atoms with Crippen LogP contribution in [0, 0.1) is 0 Å². The summed E-state index contributed by atoms with van der Waals surface area (Å²) in [5.74, 6) is 0. The molecule has 0 saturated carbocycles. The molecule has 0 saturated heterocycles. The molecule has 2 aromatic heterocycles. The summed E-state index contributed by atoms with van der Waals surface area (Å²) in [5, 5.41) is 4.73. The van der Waals surface area contributed by atoms with E-state index in [1.54, 1.807) is 10.8 Å². The van der Waals surface area contributed by atoms with Gasteiger partial charge in [-0.05, 0) is 36.8 Å². The zero-order chi connectivity index (χ0) is 15.1. The summed E-state index contributed by atoms with van der Waals surface area (Å²) in [7, 11) is 0. The maximum atomic E-state index is 4.28. The SMILES string of the molecule is CC1Sc2ccccc2N(Cc2ccn3ncnc3c2)C1C. The molecule has 0 amide bonds. The number of aromatic nitrogens is 3. The van der Waals surface area contributed by atoms with Crippen LogP contribution in [0.3, 0.4) is 0 Å². The summed E-state index contributed by atoms with van der Waals surface area (Å²) >= 11 is 1.97. The lowest BCUT2D eigenvalue weighted by molar-refractivity contribution is 0.612. The number of rotatable bonds is 2. The second-order valence-electron chi connectivity index (χ2n) is 5.76. The number of hydrogen-bond acceptors (Lipinski definition) is 4. The third-order valence-electron chi connectivity index (χ3n) is 4.36. The Morgan fingerprint density at radius 2 is 2.05 bits per heavy atom. The van der Waals surface area contributed by atoms with E-state index in [9.17, 15) is 0 Å². The molecule has 0 spiro atoms. The normalized spacial score (nSPS) is 21.1. The van der Waals surface area contributed by atoms with Crippen LogP contribution in [0.2, 0.25) is 0 Å². The fourth-order valence-electron chi connectivity index (χ4n) is 2.95. The van der Waals surface area contributed by atoms with E-state index in [4.69, 9.17) is 0 Å². The first-order valence-electron chi connectivity index (χ1n) is 7.53. The van der Waals surface area contributed by atoms with Crippen LogP contribution in [-0.2, 0) is 6.54 Å². The number of para-hydroxylation sites is 1. The van der Waals surface area contributed by atoms with Gasteiger partial charge in [-0.3, -0.25) is 0 Å². The monoisotopic (exact) mass is 310 g/mol. The first-order chi connectivity index (χ1) is 10.7. The summed E-state index contributed by atoms with van der Waals surface area (Å²) in [6.07, 6.45) is 3.58. The molecule has 0 radical (unpaired) electrons. The number of pyridine rings is 1. The molecule has 2 atom stereocenters. The quantitative estimate of drug-likeness (QED) is 0.724. The summed E-state index contributed by atoms with van der Waals surface area (Å²) < 4.78 is 1.80. The topological polar surface area (TPSA) is 33.4 Å². The van der Waals surface area contributed by atoms with Crippen molar-refractivity contribution in [2.75, 3.05) is 4.90 Å². The molecule has 0 aliphatic carbocycles. The van der Waals surface area contributed by atoms with Gasteiger partial charge in [-0.25, -0.2) is 9.50 Å². The van der Waals surface area contributed by atoms with Gasteiger partial charge in [0.05, 0.1) is 5.69 Å². The van der Waals surface area contributed by atoms with Gasteiger partial charge >= 0.3 is 0 Å². The van der Waals surface area contributed by atoms with Gasteiger partial charge in [0, 0.05) is 28.9 Å². The largest absolute Gasteiger partial charge is 0.362 e. The summed E-state index contributed by atoms with van der Waals surface area (Å²) in [4.78, 5) is 8.15. The lowest BCUT2D eigenvalue weighted by atomic mass is 10.1. The van der Waals surface area contributed by atoms with E-state index in [-0.39, 0.29) is 0 Å². The Kier molecular flexibility index (Phi) is 3.30. The van der Waals surface area contributed by atoms with Gasteiger partial charge < -0.3 is 4.90 Å². The van der Waals surface area contributed by atoms with Crippen molar-refractivity contribution in [1.29, 1.82) is 0 Å². The molecule has 1 aliphatic heterocycles. The molecule has 1 aliphatic rings. The molecule has 4 nitrogen and oxygen atoms in total. The molecule has 3 aromatic rings. The van der Waals surface area contributed by atoms with Gasteiger partial charge in [-0.15, -0.1) is 11.8 Å². The smallest absolute Gasteiger partial charge is 0.155 e. The van der Waals surface area contributed by atoms with Crippen molar-refractivity contribution in [3.05, 3.63) is 54.5 Å². The van der Waals surface area contributed by atoms with E-state index in [1.807, 2.05) is 18.0 Å². The number of benzene rings is 1. The summed E-state index contributed by atoms with van der Waals surface area (Å²) in [6.45, 7) is 5.51. The highest BCUT2D eigenvalue weighted by Gasteiger charge is 2.28. The molecule has 112 valence electrons. The maximum absolute atomic E-state index is 4.28. The van der Waals surface area contributed by atoms with Crippen molar-refractivity contribution in [3.8, 4) is 0 Å². The highest BCUT2D eigenvalue weighted by molar-refractivity contribution is 8.00.